The Bertz CT molecular complexity index is 912. The van der Waals surface area contributed by atoms with Crippen LogP contribution in [0.15, 0.2) is 24.3 Å². The minimum atomic E-state index is -0.727. The largest absolute Gasteiger partial charge is 0.377 e. The molecule has 3 heterocycles. The molecule has 5 atom stereocenters. The first-order chi connectivity index (χ1) is 16.9. The molecule has 4 rings (SSSR count). The van der Waals surface area contributed by atoms with Crippen molar-refractivity contribution >= 4 is 17.6 Å². The van der Waals surface area contributed by atoms with E-state index >= 15 is 0 Å². The van der Waals surface area contributed by atoms with Crippen molar-refractivity contribution in [2.24, 2.45) is 5.92 Å². The van der Waals surface area contributed by atoms with Crippen LogP contribution in [0.2, 0.25) is 0 Å². The van der Waals surface area contributed by atoms with Crippen molar-refractivity contribution in [3.05, 3.63) is 35.4 Å². The molecule has 0 spiro atoms. The Kier molecular flexibility index (Phi) is 8.24. The van der Waals surface area contributed by atoms with E-state index < -0.39 is 18.2 Å². The van der Waals surface area contributed by atoms with E-state index in [2.05, 4.69) is 17.1 Å². The zero-order chi connectivity index (χ0) is 25.1. The first kappa shape index (κ1) is 25.8. The lowest BCUT2D eigenvalue weighted by atomic mass is 9.89. The van der Waals surface area contributed by atoms with E-state index in [0.29, 0.717) is 17.9 Å². The molecular formula is C27H39N3O5. The molecule has 0 radical (unpaired) electrons. The molecule has 1 N–H and O–H groups in total. The number of ketones is 1. The molecule has 35 heavy (non-hydrogen) atoms. The molecule has 8 nitrogen and oxygen atoms in total. The number of piperidine rings is 1. The van der Waals surface area contributed by atoms with Gasteiger partial charge in [0.1, 0.15) is 30.9 Å². The van der Waals surface area contributed by atoms with Crippen LogP contribution in [0, 0.1) is 5.92 Å². The number of hydrogen-bond donors (Lipinski definition) is 1. The van der Waals surface area contributed by atoms with Gasteiger partial charge >= 0.3 is 0 Å². The second-order valence-electron chi connectivity index (χ2n) is 10.1. The molecule has 3 aliphatic heterocycles. The number of rotatable bonds is 8. The number of ether oxygens (including phenoxy) is 2. The zero-order valence-electron chi connectivity index (χ0n) is 21.4. The van der Waals surface area contributed by atoms with Gasteiger partial charge in [-0.15, -0.1) is 0 Å². The minimum absolute atomic E-state index is 0.0108. The molecule has 0 saturated carbocycles. The summed E-state index contributed by atoms with van der Waals surface area (Å²) in [5.41, 5.74) is 1.80. The number of fused-ring (bicyclic) bond motifs is 1. The summed E-state index contributed by atoms with van der Waals surface area (Å²) in [5.74, 6) is -0.207. The molecule has 1 aromatic carbocycles. The Morgan fingerprint density at radius 2 is 1.86 bits per heavy atom. The van der Waals surface area contributed by atoms with Crippen molar-refractivity contribution in [3.8, 4) is 0 Å². The van der Waals surface area contributed by atoms with Gasteiger partial charge < -0.3 is 24.6 Å². The summed E-state index contributed by atoms with van der Waals surface area (Å²) in [4.78, 5) is 43.3. The first-order valence-corrected chi connectivity index (χ1v) is 13.0. The highest BCUT2D eigenvalue weighted by Crippen LogP contribution is 2.31. The number of nitrogens with zero attached hydrogens (tertiary/aromatic N) is 2. The molecule has 3 aliphatic rings. The lowest BCUT2D eigenvalue weighted by Gasteiger charge is -2.31. The van der Waals surface area contributed by atoms with Crippen molar-refractivity contribution in [2.75, 3.05) is 39.9 Å². The maximum Gasteiger partial charge on any atom is 0.251 e. The number of benzene rings is 1. The van der Waals surface area contributed by atoms with E-state index in [1.165, 1.54) is 5.56 Å². The number of nitrogens with one attached hydrogen (secondary N) is 1. The van der Waals surface area contributed by atoms with Crippen LogP contribution >= 0.6 is 0 Å². The van der Waals surface area contributed by atoms with Gasteiger partial charge in [0.25, 0.3) is 5.91 Å². The molecule has 1 aromatic rings. The fourth-order valence-corrected chi connectivity index (χ4v) is 5.62. The number of carbonyl (C=O) groups excluding carboxylic acids is 3. The standard InChI is InChI=1S/C27H39N3O5/c1-5-17(3)23(27(33)30-15-22(34-4)25-24(30)21(31)16-35-25)28-26(32)20-9-7-18(8-10-20)19-11-13-29(6-2)14-12-19/h7-10,17,19,22-25H,5-6,11-16H2,1-4H3,(H,28,32)/t17-,22-,23-,24+,25+/m0/s1. The van der Waals surface area contributed by atoms with E-state index in [1.54, 1.807) is 12.0 Å². The normalized spacial score (nSPS) is 27.0. The monoisotopic (exact) mass is 485 g/mol. The van der Waals surface area contributed by atoms with Crippen LogP contribution < -0.4 is 5.32 Å². The fraction of sp³-hybridized carbons (Fsp3) is 0.667. The van der Waals surface area contributed by atoms with E-state index in [4.69, 9.17) is 9.47 Å². The maximum atomic E-state index is 13.6. The molecule has 0 aliphatic carbocycles. The van der Waals surface area contributed by atoms with E-state index in [9.17, 15) is 14.4 Å². The second-order valence-corrected chi connectivity index (χ2v) is 10.1. The molecule has 2 amide bonds. The molecule has 0 bridgehead atoms. The second kappa shape index (κ2) is 11.2. The van der Waals surface area contributed by atoms with Gasteiger partial charge in [-0.2, -0.15) is 0 Å². The minimum Gasteiger partial charge on any atom is -0.377 e. The molecule has 8 heteroatoms. The third-order valence-corrected chi connectivity index (χ3v) is 8.17. The molecule has 0 unspecified atom stereocenters. The molecule has 192 valence electrons. The lowest BCUT2D eigenvalue weighted by Crippen LogP contribution is -2.54. The summed E-state index contributed by atoms with van der Waals surface area (Å²) >= 11 is 0. The van der Waals surface area contributed by atoms with E-state index in [-0.39, 0.29) is 42.8 Å². The zero-order valence-corrected chi connectivity index (χ0v) is 21.4. The molecule has 3 fully saturated rings. The summed E-state index contributed by atoms with van der Waals surface area (Å²) < 4.78 is 11.1. The third-order valence-electron chi connectivity index (χ3n) is 8.17. The third kappa shape index (κ3) is 5.29. The predicted molar refractivity (Wildman–Crippen MR) is 132 cm³/mol. The van der Waals surface area contributed by atoms with E-state index in [0.717, 1.165) is 32.5 Å². The highest BCUT2D eigenvalue weighted by Gasteiger charge is 2.53. The number of amides is 2. The van der Waals surface area contributed by atoms with Gasteiger partial charge in [0.15, 0.2) is 5.78 Å². The van der Waals surface area contributed by atoms with Crippen molar-refractivity contribution < 1.29 is 23.9 Å². The average molecular weight is 486 g/mol. The summed E-state index contributed by atoms with van der Waals surface area (Å²) in [7, 11) is 1.56. The molecular weight excluding hydrogens is 446 g/mol. The van der Waals surface area contributed by atoms with Gasteiger partial charge in [0.2, 0.25) is 5.91 Å². The Morgan fingerprint density at radius 3 is 2.46 bits per heavy atom. The fourth-order valence-electron chi connectivity index (χ4n) is 5.62. The smallest absolute Gasteiger partial charge is 0.251 e. The van der Waals surface area contributed by atoms with Crippen LogP contribution in [0.5, 0.6) is 0 Å². The number of methoxy groups -OCH3 is 1. The van der Waals surface area contributed by atoms with Crippen LogP contribution in [-0.2, 0) is 19.1 Å². The van der Waals surface area contributed by atoms with Gasteiger partial charge in [0, 0.05) is 12.7 Å². The number of hydrogen-bond acceptors (Lipinski definition) is 6. The maximum absolute atomic E-state index is 13.6. The highest BCUT2D eigenvalue weighted by atomic mass is 16.5. The van der Waals surface area contributed by atoms with Crippen LogP contribution in [0.3, 0.4) is 0 Å². The van der Waals surface area contributed by atoms with Gasteiger partial charge in [-0.05, 0) is 62.0 Å². The molecule has 0 aromatic heterocycles. The van der Waals surface area contributed by atoms with Crippen LogP contribution in [0.25, 0.3) is 0 Å². The Morgan fingerprint density at radius 1 is 1.17 bits per heavy atom. The SMILES string of the molecule is CC[C@H](C)[C@H](NC(=O)c1ccc(C2CCN(CC)CC2)cc1)C(=O)N1C[C@H](OC)[C@H]2OCC(=O)[C@H]21. The topological polar surface area (TPSA) is 88.2 Å². The number of Topliss-reactive ketones (excluding diaryl/α,β-unsaturated/α-hetero) is 1. The Hall–Kier alpha value is -2.29. The van der Waals surface area contributed by atoms with Crippen LogP contribution in [0.1, 0.15) is 61.9 Å². The van der Waals surface area contributed by atoms with Gasteiger partial charge in [-0.25, -0.2) is 0 Å². The predicted octanol–water partition coefficient (Wildman–Crippen LogP) is 2.22. The lowest BCUT2D eigenvalue weighted by molar-refractivity contribution is -0.139. The van der Waals surface area contributed by atoms with Crippen molar-refractivity contribution in [1.82, 2.24) is 15.1 Å². The van der Waals surface area contributed by atoms with E-state index in [1.807, 2.05) is 38.1 Å². The average Bonchev–Trinajstić information content (AvgIpc) is 3.46. The highest BCUT2D eigenvalue weighted by molar-refractivity contribution is 5.99. The first-order valence-electron chi connectivity index (χ1n) is 13.0. The number of carbonyl (C=O) groups is 3. The Balaban J connectivity index is 1.44. The summed E-state index contributed by atoms with van der Waals surface area (Å²) in [6.07, 6.45) is 2.19. The Labute approximate surface area is 208 Å². The van der Waals surface area contributed by atoms with Crippen molar-refractivity contribution in [2.45, 2.75) is 70.2 Å². The summed E-state index contributed by atoms with van der Waals surface area (Å²) in [6, 6.07) is 6.44. The van der Waals surface area contributed by atoms with Crippen molar-refractivity contribution in [3.63, 3.8) is 0 Å². The summed E-state index contributed by atoms with van der Waals surface area (Å²) in [6.45, 7) is 9.72. The van der Waals surface area contributed by atoms with Crippen LogP contribution in [0.4, 0.5) is 0 Å². The summed E-state index contributed by atoms with van der Waals surface area (Å²) in [5, 5.41) is 2.97. The van der Waals surface area contributed by atoms with Gasteiger partial charge in [0.05, 0.1) is 6.54 Å². The van der Waals surface area contributed by atoms with Crippen LogP contribution in [-0.4, -0.2) is 91.6 Å². The van der Waals surface area contributed by atoms with Crippen molar-refractivity contribution in [1.29, 1.82) is 0 Å². The van der Waals surface area contributed by atoms with Gasteiger partial charge in [-0.1, -0.05) is 39.3 Å². The number of likely N-dealkylation sites (tertiary alicyclic amines) is 2. The van der Waals surface area contributed by atoms with Gasteiger partial charge in [-0.3, -0.25) is 14.4 Å². The molecule has 3 saturated heterocycles. The quantitative estimate of drug-likeness (QED) is 0.608.